The van der Waals surface area contributed by atoms with Crippen molar-refractivity contribution in [3.63, 3.8) is 0 Å². The van der Waals surface area contributed by atoms with Crippen molar-refractivity contribution in [2.75, 3.05) is 6.61 Å². The zero-order valence-corrected chi connectivity index (χ0v) is 10.9. The van der Waals surface area contributed by atoms with E-state index in [0.717, 1.165) is 19.3 Å². The highest BCUT2D eigenvalue weighted by Crippen LogP contribution is 2.03. The van der Waals surface area contributed by atoms with Crippen LogP contribution in [-0.4, -0.2) is 15.0 Å². The zero-order chi connectivity index (χ0) is 13.3. The third kappa shape index (κ3) is 7.85. The largest absolute Gasteiger partial charge is 0.333 e. The van der Waals surface area contributed by atoms with Gasteiger partial charge in [-0.3, -0.25) is 4.18 Å². The Hall–Kier alpha value is -1.35. The molecule has 0 aliphatic rings. The molecule has 0 aliphatic heterocycles. The van der Waals surface area contributed by atoms with Crippen molar-refractivity contribution in [3.8, 4) is 11.8 Å². The van der Waals surface area contributed by atoms with Crippen LogP contribution in [0.5, 0.6) is 0 Å². The van der Waals surface area contributed by atoms with Gasteiger partial charge in [0.15, 0.2) is 0 Å². The minimum atomic E-state index is -3.83. The Labute approximate surface area is 108 Å². The summed E-state index contributed by atoms with van der Waals surface area (Å²) in [7, 11) is -3.83. The van der Waals surface area contributed by atoms with Crippen molar-refractivity contribution in [2.24, 2.45) is 5.14 Å². The number of rotatable bonds is 6. The lowest BCUT2D eigenvalue weighted by molar-refractivity contribution is 0.327. The van der Waals surface area contributed by atoms with Crippen LogP contribution in [0.1, 0.15) is 24.8 Å². The fraction of sp³-hybridized carbons (Fsp3) is 0.385. The van der Waals surface area contributed by atoms with Crippen LogP contribution in [0.4, 0.5) is 0 Å². The average Bonchev–Trinajstić information content (AvgIpc) is 2.32. The number of unbranched alkanes of at least 4 members (excludes halogenated alkanes) is 1. The van der Waals surface area contributed by atoms with Gasteiger partial charge in [0, 0.05) is 12.8 Å². The predicted octanol–water partition coefficient (Wildman–Crippen LogP) is 1.62. The lowest BCUT2D eigenvalue weighted by atomic mass is 10.1. The smallest absolute Gasteiger partial charge is 0.257 e. The van der Waals surface area contributed by atoms with Crippen LogP contribution in [0.25, 0.3) is 0 Å². The van der Waals surface area contributed by atoms with Crippen molar-refractivity contribution >= 4 is 10.3 Å². The Morgan fingerprint density at radius 3 is 2.44 bits per heavy atom. The quantitative estimate of drug-likeness (QED) is 0.629. The van der Waals surface area contributed by atoms with Gasteiger partial charge in [-0.15, -0.1) is 11.8 Å². The van der Waals surface area contributed by atoms with E-state index in [-0.39, 0.29) is 6.61 Å². The highest BCUT2D eigenvalue weighted by Gasteiger charge is 1.98. The summed E-state index contributed by atoms with van der Waals surface area (Å²) in [5.74, 6) is 5.83. The van der Waals surface area contributed by atoms with Gasteiger partial charge in [0.2, 0.25) is 0 Å². The third-order valence-corrected chi connectivity index (χ3v) is 2.70. The van der Waals surface area contributed by atoms with Crippen molar-refractivity contribution in [2.45, 2.75) is 25.7 Å². The standard InChI is InChI=1S/C13H17NO3S/c14-18(15,16)17-12-8-3-1-2-5-9-13-10-6-4-7-11-13/h4,6-7,10-11H,2,5,8-9,12H2,(H2,14,15,16). The predicted molar refractivity (Wildman–Crippen MR) is 70.8 cm³/mol. The highest BCUT2D eigenvalue weighted by atomic mass is 32.2. The van der Waals surface area contributed by atoms with Gasteiger partial charge in [-0.1, -0.05) is 30.3 Å². The van der Waals surface area contributed by atoms with Crippen LogP contribution in [0.15, 0.2) is 30.3 Å². The molecule has 1 aromatic carbocycles. The van der Waals surface area contributed by atoms with Gasteiger partial charge in [0.25, 0.3) is 0 Å². The maximum absolute atomic E-state index is 10.4. The van der Waals surface area contributed by atoms with Crippen molar-refractivity contribution in [1.29, 1.82) is 0 Å². The summed E-state index contributed by atoms with van der Waals surface area (Å²) in [5.41, 5.74) is 1.30. The molecule has 0 fully saturated rings. The summed E-state index contributed by atoms with van der Waals surface area (Å²) in [6, 6.07) is 10.2. The van der Waals surface area contributed by atoms with E-state index in [0.29, 0.717) is 6.42 Å². The van der Waals surface area contributed by atoms with Crippen LogP contribution in [0.2, 0.25) is 0 Å². The van der Waals surface area contributed by atoms with Crippen LogP contribution in [0, 0.1) is 11.8 Å². The molecule has 0 unspecified atom stereocenters. The number of aryl methyl sites for hydroxylation is 1. The molecule has 0 spiro atoms. The molecule has 0 aliphatic carbocycles. The topological polar surface area (TPSA) is 69.4 Å². The third-order valence-electron chi connectivity index (χ3n) is 2.21. The van der Waals surface area contributed by atoms with Gasteiger partial charge < -0.3 is 0 Å². The van der Waals surface area contributed by atoms with E-state index >= 15 is 0 Å². The molecule has 1 aromatic rings. The summed E-state index contributed by atoms with van der Waals surface area (Å²) in [5, 5.41) is 4.66. The first kappa shape index (κ1) is 14.7. The Bertz CT molecular complexity index is 500. The molecule has 4 nitrogen and oxygen atoms in total. The van der Waals surface area contributed by atoms with E-state index < -0.39 is 10.3 Å². The highest BCUT2D eigenvalue weighted by molar-refractivity contribution is 7.84. The molecule has 2 N–H and O–H groups in total. The van der Waals surface area contributed by atoms with Gasteiger partial charge in [0.05, 0.1) is 6.61 Å². The Morgan fingerprint density at radius 2 is 1.78 bits per heavy atom. The van der Waals surface area contributed by atoms with Gasteiger partial charge in [0.1, 0.15) is 0 Å². The first-order chi connectivity index (χ1) is 8.58. The second-order valence-corrected chi connectivity index (χ2v) is 4.98. The van der Waals surface area contributed by atoms with Crippen molar-refractivity contribution in [1.82, 2.24) is 0 Å². The van der Waals surface area contributed by atoms with Crippen LogP contribution in [0.3, 0.4) is 0 Å². The fourth-order valence-corrected chi connectivity index (χ4v) is 1.73. The first-order valence-corrected chi connectivity index (χ1v) is 7.22. The van der Waals surface area contributed by atoms with Crippen LogP contribution < -0.4 is 5.14 Å². The van der Waals surface area contributed by atoms with E-state index in [1.807, 2.05) is 18.2 Å². The fourth-order valence-electron chi connectivity index (χ4n) is 1.41. The Morgan fingerprint density at radius 1 is 1.11 bits per heavy atom. The summed E-state index contributed by atoms with van der Waals surface area (Å²) in [6.07, 6.45) is 3.17. The maximum atomic E-state index is 10.4. The Kier molecular flexibility index (Phi) is 6.44. The number of hydrogen-bond acceptors (Lipinski definition) is 3. The van der Waals surface area contributed by atoms with Gasteiger partial charge in [-0.05, 0) is 18.4 Å². The molecule has 0 amide bonds. The second-order valence-electron chi connectivity index (χ2n) is 3.76. The Balaban J connectivity index is 2.08. The maximum Gasteiger partial charge on any atom is 0.333 e. The molecule has 0 bridgehead atoms. The molecule has 98 valence electrons. The normalized spacial score (nSPS) is 10.7. The summed E-state index contributed by atoms with van der Waals surface area (Å²) in [4.78, 5) is 0. The first-order valence-electron chi connectivity index (χ1n) is 5.75. The summed E-state index contributed by atoms with van der Waals surface area (Å²) >= 11 is 0. The van der Waals surface area contributed by atoms with Gasteiger partial charge in [-0.25, -0.2) is 5.14 Å². The van der Waals surface area contributed by atoms with E-state index in [1.165, 1.54) is 5.56 Å². The molecule has 0 radical (unpaired) electrons. The van der Waals surface area contributed by atoms with Crippen LogP contribution >= 0.6 is 0 Å². The average molecular weight is 267 g/mol. The second kappa shape index (κ2) is 7.88. The van der Waals surface area contributed by atoms with E-state index in [4.69, 9.17) is 0 Å². The molecule has 5 heteroatoms. The summed E-state index contributed by atoms with van der Waals surface area (Å²) < 4.78 is 25.2. The lowest BCUT2D eigenvalue weighted by Crippen LogP contribution is -2.16. The molecule has 1 rings (SSSR count). The molecule has 0 heterocycles. The molecule has 0 saturated heterocycles. The number of benzene rings is 1. The molecular weight excluding hydrogens is 250 g/mol. The monoisotopic (exact) mass is 267 g/mol. The number of hydrogen-bond donors (Lipinski definition) is 1. The minimum Gasteiger partial charge on any atom is -0.257 e. The molecule has 0 aromatic heterocycles. The van der Waals surface area contributed by atoms with Gasteiger partial charge in [-0.2, -0.15) is 8.42 Å². The molecule has 0 saturated carbocycles. The lowest BCUT2D eigenvalue weighted by Gasteiger charge is -1.97. The van der Waals surface area contributed by atoms with Crippen molar-refractivity contribution in [3.05, 3.63) is 35.9 Å². The SMILES string of the molecule is NS(=O)(=O)OCCC#CCCCc1ccccc1. The minimum absolute atomic E-state index is 0.0184. The van der Waals surface area contributed by atoms with Crippen molar-refractivity contribution < 1.29 is 12.6 Å². The van der Waals surface area contributed by atoms with E-state index in [1.54, 1.807) is 0 Å². The van der Waals surface area contributed by atoms with E-state index in [2.05, 4.69) is 33.3 Å². The molecule has 18 heavy (non-hydrogen) atoms. The van der Waals surface area contributed by atoms with Gasteiger partial charge >= 0.3 is 10.3 Å². The molecule has 0 atom stereocenters. The zero-order valence-electron chi connectivity index (χ0n) is 10.1. The summed E-state index contributed by atoms with van der Waals surface area (Å²) in [6.45, 7) is 0.0184. The molecular formula is C13H17NO3S. The van der Waals surface area contributed by atoms with Crippen LogP contribution in [-0.2, 0) is 20.9 Å². The van der Waals surface area contributed by atoms with E-state index in [9.17, 15) is 8.42 Å². The number of nitrogens with two attached hydrogens (primary N) is 1.